The van der Waals surface area contributed by atoms with Gasteiger partial charge in [0.25, 0.3) is 0 Å². The molecule has 33 heavy (non-hydrogen) atoms. The SMILES string of the molecule is C[C@H](NS(=O)(=O)c1ccc(-c2c(C#N)c3cnc(Cl)cc3n2C2CCCC2)nc1)C(F)(F)F. The Kier molecular flexibility index (Phi) is 6.11. The number of alkyl halides is 3. The van der Waals surface area contributed by atoms with Crippen LogP contribution in [0.15, 0.2) is 35.5 Å². The quantitative estimate of drug-likeness (QED) is 0.502. The number of nitrogens with zero attached hydrogens (tertiary/aromatic N) is 4. The van der Waals surface area contributed by atoms with Crippen molar-refractivity contribution in [2.75, 3.05) is 0 Å². The van der Waals surface area contributed by atoms with Crippen LogP contribution in [-0.2, 0) is 10.0 Å². The van der Waals surface area contributed by atoms with Gasteiger partial charge in [-0.2, -0.15) is 23.2 Å². The number of sulfonamides is 1. The highest BCUT2D eigenvalue weighted by Gasteiger charge is 2.39. The molecule has 0 unspecified atom stereocenters. The number of hydrogen-bond donors (Lipinski definition) is 1. The predicted molar refractivity (Wildman–Crippen MR) is 116 cm³/mol. The molecule has 3 aromatic heterocycles. The highest BCUT2D eigenvalue weighted by Crippen LogP contribution is 2.41. The fraction of sp³-hybridized carbons (Fsp3) is 0.381. The average molecular weight is 498 g/mol. The minimum absolute atomic E-state index is 0.0996. The summed E-state index contributed by atoms with van der Waals surface area (Å²) < 4.78 is 66.8. The molecule has 0 spiro atoms. The lowest BCUT2D eigenvalue weighted by Gasteiger charge is -2.18. The summed E-state index contributed by atoms with van der Waals surface area (Å²) in [6, 6.07) is 4.28. The summed E-state index contributed by atoms with van der Waals surface area (Å²) in [7, 11) is -4.45. The molecule has 174 valence electrons. The number of pyridine rings is 2. The van der Waals surface area contributed by atoms with Crippen LogP contribution >= 0.6 is 11.6 Å². The Labute approximate surface area is 193 Å². The molecule has 3 heterocycles. The second-order valence-electron chi connectivity index (χ2n) is 7.93. The lowest BCUT2D eigenvalue weighted by molar-refractivity contribution is -0.147. The minimum Gasteiger partial charge on any atom is -0.335 e. The van der Waals surface area contributed by atoms with Crippen molar-refractivity contribution in [3.05, 3.63) is 41.3 Å². The Morgan fingerprint density at radius 2 is 1.94 bits per heavy atom. The number of fused-ring (bicyclic) bond motifs is 1. The first kappa shape index (κ1) is 23.5. The van der Waals surface area contributed by atoms with E-state index in [9.17, 15) is 26.9 Å². The van der Waals surface area contributed by atoms with Crippen molar-refractivity contribution in [2.24, 2.45) is 0 Å². The first-order valence-electron chi connectivity index (χ1n) is 10.2. The fourth-order valence-electron chi connectivity index (χ4n) is 4.13. The Hall–Kier alpha value is -2.68. The van der Waals surface area contributed by atoms with Crippen LogP contribution < -0.4 is 4.72 Å². The summed E-state index contributed by atoms with van der Waals surface area (Å²) in [6.45, 7) is 0.720. The van der Waals surface area contributed by atoms with Crippen molar-refractivity contribution in [1.29, 1.82) is 5.26 Å². The number of aromatic nitrogens is 3. The lowest BCUT2D eigenvalue weighted by atomic mass is 10.1. The van der Waals surface area contributed by atoms with Gasteiger partial charge in [-0.05, 0) is 38.0 Å². The van der Waals surface area contributed by atoms with Crippen LogP contribution in [0.3, 0.4) is 0 Å². The molecule has 1 aliphatic rings. The van der Waals surface area contributed by atoms with E-state index in [1.165, 1.54) is 18.3 Å². The maximum Gasteiger partial charge on any atom is 0.404 e. The van der Waals surface area contributed by atoms with Crippen LogP contribution in [0, 0.1) is 11.3 Å². The molecule has 0 aliphatic heterocycles. The second-order valence-corrected chi connectivity index (χ2v) is 10.0. The van der Waals surface area contributed by atoms with E-state index in [1.807, 2.05) is 4.57 Å². The van der Waals surface area contributed by atoms with Crippen molar-refractivity contribution < 1.29 is 21.6 Å². The number of rotatable bonds is 5. The molecule has 1 fully saturated rings. The molecule has 0 radical (unpaired) electrons. The zero-order valence-corrected chi connectivity index (χ0v) is 19.0. The smallest absolute Gasteiger partial charge is 0.335 e. The van der Waals surface area contributed by atoms with Gasteiger partial charge in [-0.3, -0.25) is 4.98 Å². The first-order valence-corrected chi connectivity index (χ1v) is 12.0. The van der Waals surface area contributed by atoms with E-state index in [1.54, 1.807) is 10.8 Å². The van der Waals surface area contributed by atoms with E-state index in [2.05, 4.69) is 16.0 Å². The van der Waals surface area contributed by atoms with E-state index < -0.39 is 27.1 Å². The third kappa shape index (κ3) is 4.43. The number of nitrogens with one attached hydrogen (secondary N) is 1. The molecule has 3 aromatic rings. The molecule has 0 amide bonds. The van der Waals surface area contributed by atoms with Gasteiger partial charge in [-0.15, -0.1) is 0 Å². The Bertz CT molecular complexity index is 1340. The highest BCUT2D eigenvalue weighted by molar-refractivity contribution is 7.89. The van der Waals surface area contributed by atoms with Crippen LogP contribution in [0.25, 0.3) is 22.3 Å². The Morgan fingerprint density at radius 3 is 2.52 bits per heavy atom. The molecule has 1 aliphatic carbocycles. The molecule has 7 nitrogen and oxygen atoms in total. The van der Waals surface area contributed by atoms with Crippen molar-refractivity contribution >= 4 is 32.5 Å². The van der Waals surface area contributed by atoms with E-state index in [4.69, 9.17) is 11.6 Å². The van der Waals surface area contributed by atoms with E-state index in [0.29, 0.717) is 22.3 Å². The summed E-state index contributed by atoms with van der Waals surface area (Å²) >= 11 is 6.12. The summed E-state index contributed by atoms with van der Waals surface area (Å²) in [5.74, 6) is 0. The molecule has 1 atom stereocenters. The van der Waals surface area contributed by atoms with Gasteiger partial charge in [-0.25, -0.2) is 13.4 Å². The molecule has 1 saturated carbocycles. The van der Waals surface area contributed by atoms with Gasteiger partial charge >= 0.3 is 6.18 Å². The van der Waals surface area contributed by atoms with Gasteiger partial charge in [0, 0.05) is 23.8 Å². The van der Waals surface area contributed by atoms with Gasteiger partial charge in [-0.1, -0.05) is 24.4 Å². The number of hydrogen-bond acceptors (Lipinski definition) is 5. The predicted octanol–water partition coefficient (Wildman–Crippen LogP) is 4.97. The molecule has 0 aromatic carbocycles. The van der Waals surface area contributed by atoms with Gasteiger partial charge < -0.3 is 4.57 Å². The van der Waals surface area contributed by atoms with Gasteiger partial charge in [0.05, 0.1) is 22.5 Å². The maximum absolute atomic E-state index is 12.8. The topological polar surface area (TPSA) is 101 Å². The number of halogens is 4. The van der Waals surface area contributed by atoms with Crippen LogP contribution in [0.2, 0.25) is 5.15 Å². The first-order chi connectivity index (χ1) is 15.5. The van der Waals surface area contributed by atoms with Crippen LogP contribution in [0.4, 0.5) is 13.2 Å². The largest absolute Gasteiger partial charge is 0.404 e. The van der Waals surface area contributed by atoms with Crippen LogP contribution in [0.1, 0.15) is 44.2 Å². The third-order valence-electron chi connectivity index (χ3n) is 5.77. The van der Waals surface area contributed by atoms with Gasteiger partial charge in [0.15, 0.2) is 0 Å². The molecule has 1 N–H and O–H groups in total. The fourth-order valence-corrected chi connectivity index (χ4v) is 5.46. The highest BCUT2D eigenvalue weighted by atomic mass is 35.5. The van der Waals surface area contributed by atoms with E-state index in [0.717, 1.165) is 44.3 Å². The normalized spacial score (nSPS) is 16.2. The zero-order valence-electron chi connectivity index (χ0n) is 17.4. The summed E-state index contributed by atoms with van der Waals surface area (Å²) in [5, 5.41) is 10.8. The van der Waals surface area contributed by atoms with Crippen molar-refractivity contribution in [1.82, 2.24) is 19.3 Å². The van der Waals surface area contributed by atoms with Crippen molar-refractivity contribution in [3.63, 3.8) is 0 Å². The summed E-state index contributed by atoms with van der Waals surface area (Å²) in [5.41, 5.74) is 1.89. The molecular formula is C21H19ClF3N5O2S. The van der Waals surface area contributed by atoms with Crippen molar-refractivity contribution in [2.45, 2.75) is 55.8 Å². The molecule has 12 heteroatoms. The number of nitriles is 1. The third-order valence-corrected chi connectivity index (χ3v) is 7.50. The van der Waals surface area contributed by atoms with Gasteiger partial charge in [0.2, 0.25) is 10.0 Å². The average Bonchev–Trinajstić information content (AvgIpc) is 3.38. The zero-order chi connectivity index (χ0) is 24.0. The van der Waals surface area contributed by atoms with Crippen LogP contribution in [-0.4, -0.2) is 35.2 Å². The monoisotopic (exact) mass is 497 g/mol. The minimum atomic E-state index is -4.72. The van der Waals surface area contributed by atoms with E-state index in [-0.39, 0.29) is 11.2 Å². The Morgan fingerprint density at radius 1 is 1.24 bits per heavy atom. The summed E-state index contributed by atoms with van der Waals surface area (Å²) in [6.07, 6.45) is 1.63. The molecular weight excluding hydrogens is 479 g/mol. The maximum atomic E-state index is 12.8. The molecule has 0 saturated heterocycles. The second kappa shape index (κ2) is 8.59. The summed E-state index contributed by atoms with van der Waals surface area (Å²) in [4.78, 5) is 7.89. The van der Waals surface area contributed by atoms with Gasteiger partial charge in [0.1, 0.15) is 22.2 Å². The van der Waals surface area contributed by atoms with Crippen molar-refractivity contribution in [3.8, 4) is 17.5 Å². The Balaban J connectivity index is 1.81. The molecule has 4 rings (SSSR count). The van der Waals surface area contributed by atoms with E-state index >= 15 is 0 Å². The van der Waals surface area contributed by atoms with Crippen LogP contribution in [0.5, 0.6) is 0 Å². The standard InChI is InChI=1S/C21H19ClF3N5O2S/c1-12(21(23,24)25)29-33(31,32)14-6-7-17(27-10-14)20-15(9-26)16-11-28-19(22)8-18(16)30(20)13-4-2-3-5-13/h6-8,10-13,29H,2-5H2,1H3/t12-/m0/s1. The lowest BCUT2D eigenvalue weighted by Crippen LogP contribution is -2.42. The molecule has 0 bridgehead atoms.